The van der Waals surface area contributed by atoms with E-state index in [1.165, 1.54) is 18.2 Å². The molecule has 0 bridgehead atoms. The van der Waals surface area contributed by atoms with Crippen molar-refractivity contribution < 1.29 is 17.6 Å². The Hall–Kier alpha value is -1.22. The largest absolute Gasteiger partial charge is 0.341 e. The highest BCUT2D eigenvalue weighted by atomic mass is 35.5. The zero-order valence-electron chi connectivity index (χ0n) is 15.5. The lowest BCUT2D eigenvalue weighted by Gasteiger charge is -2.27. The van der Waals surface area contributed by atoms with Crippen LogP contribution in [0.1, 0.15) is 26.7 Å². The van der Waals surface area contributed by atoms with Gasteiger partial charge < -0.3 is 10.6 Å². The summed E-state index contributed by atoms with van der Waals surface area (Å²) in [7, 11) is -4.14. The highest BCUT2D eigenvalue weighted by molar-refractivity contribution is 7.89. The first-order valence-corrected chi connectivity index (χ1v) is 10.5. The second-order valence-electron chi connectivity index (χ2n) is 7.68. The molecule has 2 fully saturated rings. The Bertz CT molecular complexity index is 790. The Kier molecular flexibility index (Phi) is 6.89. The molecule has 6 nitrogen and oxygen atoms in total. The van der Waals surface area contributed by atoms with Crippen LogP contribution in [0.2, 0.25) is 0 Å². The van der Waals surface area contributed by atoms with E-state index in [2.05, 4.69) is 4.72 Å². The van der Waals surface area contributed by atoms with E-state index < -0.39 is 26.8 Å². The number of halogens is 2. The van der Waals surface area contributed by atoms with Crippen LogP contribution in [-0.4, -0.2) is 44.4 Å². The first kappa shape index (κ1) is 22.1. The lowest BCUT2D eigenvalue weighted by atomic mass is 9.98. The number of hydrogen-bond donors (Lipinski definition) is 2. The van der Waals surface area contributed by atoms with Crippen LogP contribution in [0.5, 0.6) is 0 Å². The second kappa shape index (κ2) is 8.43. The van der Waals surface area contributed by atoms with Gasteiger partial charge in [-0.25, -0.2) is 12.8 Å². The van der Waals surface area contributed by atoms with Crippen LogP contribution in [0, 0.1) is 23.6 Å². The predicted octanol–water partition coefficient (Wildman–Crippen LogP) is 1.75. The van der Waals surface area contributed by atoms with Gasteiger partial charge in [-0.05, 0) is 42.7 Å². The maximum absolute atomic E-state index is 13.9. The molecule has 3 N–H and O–H groups in total. The molecule has 3 rings (SSSR count). The van der Waals surface area contributed by atoms with E-state index in [-0.39, 0.29) is 36.2 Å². The third-order valence-electron chi connectivity index (χ3n) is 5.57. The Labute approximate surface area is 166 Å². The van der Waals surface area contributed by atoms with Crippen molar-refractivity contribution in [1.82, 2.24) is 9.62 Å². The molecule has 1 aromatic carbocycles. The summed E-state index contributed by atoms with van der Waals surface area (Å²) in [5, 5.41) is 0. The standard InChI is InChI=1S/C18H26FN3O3S.ClH/c1-11(2)17(21-26(24,25)16-6-4-3-5-14(16)19)18(23)22-9-12-7-8-15(20)13(12)10-22;/h3-6,11-13,15,17,21H,7-10,20H2,1-2H3;1H. The SMILES string of the molecule is CC(C)C(NS(=O)(=O)c1ccccc1F)C(=O)N1CC2CCC(N)C2C1.Cl. The highest BCUT2D eigenvalue weighted by Gasteiger charge is 2.44. The van der Waals surface area contributed by atoms with Gasteiger partial charge >= 0.3 is 0 Å². The minimum absolute atomic E-state index is 0. The van der Waals surface area contributed by atoms with Crippen LogP contribution in [-0.2, 0) is 14.8 Å². The van der Waals surface area contributed by atoms with Gasteiger partial charge in [0, 0.05) is 19.1 Å². The molecule has 1 aliphatic carbocycles. The van der Waals surface area contributed by atoms with Gasteiger partial charge in [0.15, 0.2) is 0 Å². The lowest BCUT2D eigenvalue weighted by molar-refractivity contribution is -0.133. The van der Waals surface area contributed by atoms with Crippen molar-refractivity contribution in [3.8, 4) is 0 Å². The average Bonchev–Trinajstić information content (AvgIpc) is 3.14. The molecule has 1 heterocycles. The van der Waals surface area contributed by atoms with Crippen molar-refractivity contribution in [3.63, 3.8) is 0 Å². The van der Waals surface area contributed by atoms with E-state index in [4.69, 9.17) is 5.73 Å². The van der Waals surface area contributed by atoms with Crippen molar-refractivity contribution in [2.24, 2.45) is 23.5 Å². The van der Waals surface area contributed by atoms with Crippen molar-refractivity contribution in [2.45, 2.75) is 43.7 Å². The summed E-state index contributed by atoms with van der Waals surface area (Å²) >= 11 is 0. The van der Waals surface area contributed by atoms with Gasteiger partial charge in [-0.1, -0.05) is 26.0 Å². The number of likely N-dealkylation sites (tertiary alicyclic amines) is 1. The molecule has 1 amide bonds. The zero-order valence-corrected chi connectivity index (χ0v) is 17.1. The van der Waals surface area contributed by atoms with Gasteiger partial charge in [0.1, 0.15) is 16.8 Å². The van der Waals surface area contributed by atoms with Crippen LogP contribution in [0.3, 0.4) is 0 Å². The van der Waals surface area contributed by atoms with Crippen LogP contribution in [0.15, 0.2) is 29.2 Å². The monoisotopic (exact) mass is 419 g/mol. The topological polar surface area (TPSA) is 92.5 Å². The summed E-state index contributed by atoms with van der Waals surface area (Å²) in [6.45, 7) is 4.72. The molecule has 0 aromatic heterocycles. The number of amides is 1. The second-order valence-corrected chi connectivity index (χ2v) is 9.36. The van der Waals surface area contributed by atoms with Crippen molar-refractivity contribution in [2.75, 3.05) is 13.1 Å². The number of benzene rings is 1. The van der Waals surface area contributed by atoms with E-state index in [1.54, 1.807) is 18.7 Å². The van der Waals surface area contributed by atoms with Crippen LogP contribution >= 0.6 is 12.4 Å². The molecular weight excluding hydrogens is 393 g/mol. The van der Waals surface area contributed by atoms with Gasteiger partial charge in [-0.3, -0.25) is 4.79 Å². The fourth-order valence-corrected chi connectivity index (χ4v) is 5.47. The maximum Gasteiger partial charge on any atom is 0.244 e. The fraction of sp³-hybridized carbons (Fsp3) is 0.611. The summed E-state index contributed by atoms with van der Waals surface area (Å²) in [4.78, 5) is 14.2. The summed E-state index contributed by atoms with van der Waals surface area (Å²) in [5.74, 6) is -0.684. The van der Waals surface area contributed by atoms with Gasteiger partial charge in [-0.15, -0.1) is 12.4 Å². The third kappa shape index (κ3) is 4.45. The maximum atomic E-state index is 13.9. The lowest BCUT2D eigenvalue weighted by Crippen LogP contribution is -2.51. The minimum atomic E-state index is -4.14. The number of carbonyl (C=O) groups excluding carboxylic acids is 1. The summed E-state index contributed by atoms with van der Waals surface area (Å²) in [6, 6.07) is 4.32. The number of hydrogen-bond acceptors (Lipinski definition) is 4. The molecule has 1 saturated carbocycles. The first-order valence-electron chi connectivity index (χ1n) is 9.02. The molecule has 4 atom stereocenters. The van der Waals surface area contributed by atoms with Gasteiger partial charge in [0.05, 0.1) is 0 Å². The summed E-state index contributed by atoms with van der Waals surface area (Å²) in [5.41, 5.74) is 6.12. The third-order valence-corrected chi connectivity index (χ3v) is 7.04. The van der Waals surface area contributed by atoms with E-state index in [9.17, 15) is 17.6 Å². The normalized spacial score (nSPS) is 26.0. The smallest absolute Gasteiger partial charge is 0.244 e. The van der Waals surface area contributed by atoms with Gasteiger partial charge in [-0.2, -0.15) is 4.72 Å². The number of nitrogens with two attached hydrogens (primary N) is 1. The van der Waals surface area contributed by atoms with Gasteiger partial charge in [0.2, 0.25) is 15.9 Å². The zero-order chi connectivity index (χ0) is 19.1. The molecular formula is C18H27ClFN3O3S. The van der Waals surface area contributed by atoms with Crippen molar-refractivity contribution >= 4 is 28.3 Å². The molecule has 0 radical (unpaired) electrons. The van der Waals surface area contributed by atoms with E-state index in [1.807, 2.05) is 0 Å². The minimum Gasteiger partial charge on any atom is -0.341 e. The Morgan fingerprint density at radius 3 is 2.52 bits per heavy atom. The number of nitrogens with one attached hydrogen (secondary N) is 1. The summed E-state index contributed by atoms with van der Waals surface area (Å²) in [6.07, 6.45) is 1.98. The molecule has 1 aromatic rings. The van der Waals surface area contributed by atoms with E-state index in [0.29, 0.717) is 19.0 Å². The number of rotatable bonds is 5. The Morgan fingerprint density at radius 1 is 1.26 bits per heavy atom. The fourth-order valence-electron chi connectivity index (χ4n) is 4.05. The number of carbonyl (C=O) groups is 1. The molecule has 0 spiro atoms. The van der Waals surface area contributed by atoms with Crippen molar-refractivity contribution in [3.05, 3.63) is 30.1 Å². The van der Waals surface area contributed by atoms with Crippen LogP contribution in [0.4, 0.5) is 4.39 Å². The number of sulfonamides is 1. The van der Waals surface area contributed by atoms with Crippen LogP contribution < -0.4 is 10.5 Å². The predicted molar refractivity (Wildman–Crippen MR) is 103 cm³/mol. The van der Waals surface area contributed by atoms with E-state index in [0.717, 1.165) is 18.9 Å². The Morgan fingerprint density at radius 2 is 1.93 bits per heavy atom. The molecule has 1 aliphatic heterocycles. The number of nitrogens with zero attached hydrogens (tertiary/aromatic N) is 1. The highest BCUT2D eigenvalue weighted by Crippen LogP contribution is 2.37. The van der Waals surface area contributed by atoms with Crippen molar-refractivity contribution in [1.29, 1.82) is 0 Å². The Balaban J connectivity index is 0.00000261. The summed E-state index contributed by atoms with van der Waals surface area (Å²) < 4.78 is 41.5. The molecule has 152 valence electrons. The van der Waals surface area contributed by atoms with Gasteiger partial charge in [0.25, 0.3) is 0 Å². The molecule has 9 heteroatoms. The molecule has 4 unspecified atom stereocenters. The average molecular weight is 420 g/mol. The molecule has 27 heavy (non-hydrogen) atoms. The van der Waals surface area contributed by atoms with E-state index >= 15 is 0 Å². The van der Waals surface area contributed by atoms with Crippen LogP contribution in [0.25, 0.3) is 0 Å². The molecule has 2 aliphatic rings. The quantitative estimate of drug-likeness (QED) is 0.760. The first-order chi connectivity index (χ1) is 12.2. The molecule has 1 saturated heterocycles. The number of fused-ring (bicyclic) bond motifs is 1.